The fourth-order valence-corrected chi connectivity index (χ4v) is 4.70. The van der Waals surface area contributed by atoms with Crippen LogP contribution < -0.4 is 11.1 Å². The number of benzene rings is 2. The first-order chi connectivity index (χ1) is 20.6. The molecule has 0 aliphatic heterocycles. The number of pyridine rings is 2. The van der Waals surface area contributed by atoms with Crippen LogP contribution in [0.3, 0.4) is 0 Å². The smallest absolute Gasteiger partial charge is 0.338 e. The Bertz CT molecular complexity index is 1850. The van der Waals surface area contributed by atoms with Crippen molar-refractivity contribution >= 4 is 45.9 Å². The van der Waals surface area contributed by atoms with Crippen molar-refractivity contribution < 1.29 is 23.7 Å². The van der Waals surface area contributed by atoms with Crippen LogP contribution in [0.4, 0.5) is 11.5 Å². The van der Waals surface area contributed by atoms with E-state index in [-0.39, 0.29) is 48.2 Å². The second-order valence-electron chi connectivity index (χ2n) is 9.73. The summed E-state index contributed by atoms with van der Waals surface area (Å²) >= 11 is 6.10. The number of nitrogens with two attached hydrogens (primary N) is 1. The highest BCUT2D eigenvalue weighted by atomic mass is 35.5. The Kier molecular flexibility index (Phi) is 8.30. The molecule has 3 N–H and O–H groups in total. The number of aryl methyl sites for hydroxylation is 2. The first kappa shape index (κ1) is 29.1. The lowest BCUT2D eigenvalue weighted by Gasteiger charge is -2.11. The maximum absolute atomic E-state index is 13.3. The number of carbonyl (C=O) groups is 2. The van der Waals surface area contributed by atoms with Gasteiger partial charge in [0.05, 0.1) is 21.0 Å². The van der Waals surface area contributed by atoms with E-state index in [1.807, 2.05) is 25.1 Å². The number of nitrogens with one attached hydrogen (secondary N) is 1. The molecule has 0 spiro atoms. The molecular weight excluding hydrogens is 576 g/mol. The van der Waals surface area contributed by atoms with E-state index < -0.39 is 16.8 Å². The first-order valence-corrected chi connectivity index (χ1v) is 13.4. The SMILES string of the molecule is Cc1cc(N)nc(C)c1CNC(=O)c1oc(Cc2ccc3ncc(Cl)cc3c2)nc1COC(=O)c1ccc([N+](=O)[O-])cc1. The molecular formula is C30H25ClN6O6. The van der Waals surface area contributed by atoms with Crippen molar-refractivity contribution in [3.8, 4) is 0 Å². The van der Waals surface area contributed by atoms with Crippen molar-refractivity contribution in [1.29, 1.82) is 0 Å². The van der Waals surface area contributed by atoms with Crippen LogP contribution >= 0.6 is 11.6 Å². The number of carbonyl (C=O) groups excluding carboxylic acids is 2. The fourth-order valence-electron chi connectivity index (χ4n) is 4.53. The Morgan fingerprint density at radius 2 is 1.86 bits per heavy atom. The molecule has 5 rings (SSSR count). The third kappa shape index (κ3) is 6.76. The van der Waals surface area contributed by atoms with Crippen LogP contribution in [-0.4, -0.2) is 31.8 Å². The van der Waals surface area contributed by atoms with Gasteiger partial charge in [-0.2, -0.15) is 0 Å². The molecule has 0 radical (unpaired) electrons. The van der Waals surface area contributed by atoms with Crippen LogP contribution in [0.2, 0.25) is 5.02 Å². The third-order valence-corrected chi connectivity index (χ3v) is 6.88. The number of oxazole rings is 1. The van der Waals surface area contributed by atoms with Crippen molar-refractivity contribution in [2.75, 3.05) is 5.73 Å². The van der Waals surface area contributed by atoms with E-state index >= 15 is 0 Å². The molecule has 0 unspecified atom stereocenters. The molecule has 2 aromatic carbocycles. The quantitative estimate of drug-likeness (QED) is 0.129. The Balaban J connectivity index is 1.38. The molecule has 13 heteroatoms. The molecule has 1 amide bonds. The summed E-state index contributed by atoms with van der Waals surface area (Å²) in [5.41, 5.74) is 9.81. The van der Waals surface area contributed by atoms with E-state index in [0.717, 1.165) is 27.6 Å². The Hall–Kier alpha value is -5.36. The van der Waals surface area contributed by atoms with Crippen molar-refractivity contribution in [3.05, 3.63) is 121 Å². The zero-order chi connectivity index (χ0) is 30.7. The maximum Gasteiger partial charge on any atom is 0.338 e. The van der Waals surface area contributed by atoms with E-state index in [1.165, 1.54) is 24.3 Å². The van der Waals surface area contributed by atoms with E-state index in [1.54, 1.807) is 25.3 Å². The van der Waals surface area contributed by atoms with Gasteiger partial charge in [0, 0.05) is 42.4 Å². The zero-order valence-corrected chi connectivity index (χ0v) is 23.8. The molecule has 3 aromatic heterocycles. The van der Waals surface area contributed by atoms with Gasteiger partial charge in [0.25, 0.3) is 11.6 Å². The number of fused-ring (bicyclic) bond motifs is 1. The molecule has 0 saturated heterocycles. The van der Waals surface area contributed by atoms with Crippen LogP contribution in [0, 0.1) is 24.0 Å². The number of halogens is 1. The third-order valence-electron chi connectivity index (χ3n) is 6.67. The summed E-state index contributed by atoms with van der Waals surface area (Å²) in [7, 11) is 0. The van der Waals surface area contributed by atoms with Gasteiger partial charge in [-0.25, -0.2) is 14.8 Å². The number of esters is 1. The summed E-state index contributed by atoms with van der Waals surface area (Å²) in [4.78, 5) is 49.3. The lowest BCUT2D eigenvalue weighted by Crippen LogP contribution is -2.25. The average molecular weight is 601 g/mol. The highest BCUT2D eigenvalue weighted by Gasteiger charge is 2.23. The van der Waals surface area contributed by atoms with E-state index in [4.69, 9.17) is 26.5 Å². The monoisotopic (exact) mass is 600 g/mol. The second kappa shape index (κ2) is 12.2. The van der Waals surface area contributed by atoms with Crippen LogP contribution in [0.5, 0.6) is 0 Å². The molecule has 0 aliphatic rings. The molecule has 0 atom stereocenters. The number of nitrogens with zero attached hydrogens (tertiary/aromatic N) is 4. The molecule has 218 valence electrons. The number of nitro benzene ring substituents is 1. The van der Waals surface area contributed by atoms with Crippen LogP contribution in [0.1, 0.15) is 54.9 Å². The van der Waals surface area contributed by atoms with Gasteiger partial charge in [-0.3, -0.25) is 19.9 Å². The average Bonchev–Trinajstić information content (AvgIpc) is 3.37. The molecule has 5 aromatic rings. The largest absolute Gasteiger partial charge is 0.455 e. The summed E-state index contributed by atoms with van der Waals surface area (Å²) < 4.78 is 11.3. The molecule has 0 saturated carbocycles. The minimum Gasteiger partial charge on any atom is -0.455 e. The minimum absolute atomic E-state index is 0.102. The van der Waals surface area contributed by atoms with E-state index in [0.29, 0.717) is 16.5 Å². The van der Waals surface area contributed by atoms with Gasteiger partial charge in [0.1, 0.15) is 18.1 Å². The predicted molar refractivity (Wildman–Crippen MR) is 158 cm³/mol. The summed E-state index contributed by atoms with van der Waals surface area (Å²) in [5.74, 6) is -0.818. The van der Waals surface area contributed by atoms with Gasteiger partial charge >= 0.3 is 5.97 Å². The van der Waals surface area contributed by atoms with Crippen molar-refractivity contribution in [2.45, 2.75) is 33.4 Å². The molecule has 0 fully saturated rings. The number of hydrogen-bond donors (Lipinski definition) is 2. The predicted octanol–water partition coefficient (Wildman–Crippen LogP) is 5.26. The number of nitrogen functional groups attached to an aromatic ring is 1. The van der Waals surface area contributed by atoms with Gasteiger partial charge in [0.15, 0.2) is 5.89 Å². The number of anilines is 1. The second-order valence-corrected chi connectivity index (χ2v) is 10.2. The lowest BCUT2D eigenvalue weighted by atomic mass is 10.1. The van der Waals surface area contributed by atoms with Crippen molar-refractivity contribution in [1.82, 2.24) is 20.3 Å². The van der Waals surface area contributed by atoms with Crippen molar-refractivity contribution in [2.24, 2.45) is 0 Å². The molecule has 3 heterocycles. The number of rotatable bonds is 9. The maximum atomic E-state index is 13.3. The number of aromatic nitrogens is 3. The van der Waals surface area contributed by atoms with Gasteiger partial charge < -0.3 is 20.2 Å². The summed E-state index contributed by atoms with van der Waals surface area (Å²) in [5, 5.41) is 15.1. The number of ether oxygens (including phenoxy) is 1. The highest BCUT2D eigenvalue weighted by Crippen LogP contribution is 2.22. The van der Waals surface area contributed by atoms with Gasteiger partial charge in [-0.05, 0) is 66.9 Å². The topological polar surface area (TPSA) is 176 Å². The standard InChI is InChI=1S/C30H25ClN6O6/c1-16-9-26(32)35-17(2)23(16)14-34-29(38)28-25(15-42-30(39)19-4-6-22(7-5-19)37(40)41)36-27(43-28)11-18-3-8-24-20(10-18)12-21(31)13-33-24/h3-10,12-13H,11,14-15H2,1-2H3,(H2,32,35)(H,34,38). The zero-order valence-electron chi connectivity index (χ0n) is 23.1. The first-order valence-electron chi connectivity index (χ1n) is 13.0. The van der Waals surface area contributed by atoms with Gasteiger partial charge in [0.2, 0.25) is 5.76 Å². The van der Waals surface area contributed by atoms with Gasteiger partial charge in [-0.15, -0.1) is 0 Å². The van der Waals surface area contributed by atoms with Crippen LogP contribution in [0.15, 0.2) is 65.2 Å². The lowest BCUT2D eigenvalue weighted by molar-refractivity contribution is -0.384. The van der Waals surface area contributed by atoms with Crippen LogP contribution in [0.25, 0.3) is 10.9 Å². The number of non-ortho nitro benzene ring substituents is 1. The summed E-state index contributed by atoms with van der Waals surface area (Å²) in [6.45, 7) is 3.45. The normalized spacial score (nSPS) is 11.0. The highest BCUT2D eigenvalue weighted by molar-refractivity contribution is 6.31. The molecule has 12 nitrogen and oxygen atoms in total. The van der Waals surface area contributed by atoms with E-state index in [2.05, 4.69) is 20.3 Å². The number of hydrogen-bond acceptors (Lipinski definition) is 10. The molecule has 0 bridgehead atoms. The molecule has 43 heavy (non-hydrogen) atoms. The minimum atomic E-state index is -0.746. The van der Waals surface area contributed by atoms with Gasteiger partial charge in [-0.1, -0.05) is 17.7 Å². The van der Waals surface area contributed by atoms with Crippen LogP contribution in [-0.2, 0) is 24.3 Å². The van der Waals surface area contributed by atoms with Crippen molar-refractivity contribution in [3.63, 3.8) is 0 Å². The number of nitro groups is 1. The van der Waals surface area contributed by atoms with E-state index in [9.17, 15) is 19.7 Å². The fraction of sp³-hybridized carbons (Fsp3) is 0.167. The molecule has 0 aliphatic carbocycles. The summed E-state index contributed by atoms with van der Waals surface area (Å²) in [6, 6.07) is 14.1. The Morgan fingerprint density at radius 1 is 1.09 bits per heavy atom. The number of amides is 1. The summed E-state index contributed by atoms with van der Waals surface area (Å²) in [6.07, 6.45) is 1.80. The Labute approximate surface area is 250 Å². The Morgan fingerprint density at radius 3 is 2.58 bits per heavy atom.